The van der Waals surface area contributed by atoms with Crippen molar-refractivity contribution in [1.82, 2.24) is 4.48 Å². The molecule has 3 nitrogen and oxygen atoms in total. The van der Waals surface area contributed by atoms with Gasteiger partial charge in [-0.15, -0.1) is 0 Å². The van der Waals surface area contributed by atoms with E-state index in [1.54, 1.807) is 19.2 Å². The van der Waals surface area contributed by atoms with Gasteiger partial charge < -0.3 is 22.3 Å². The lowest BCUT2D eigenvalue weighted by atomic mass is 10.2. The Balaban J connectivity index is 0.00000169. The van der Waals surface area contributed by atoms with E-state index in [2.05, 4.69) is 0 Å². The number of aromatic hydroxyl groups is 1. The summed E-state index contributed by atoms with van der Waals surface area (Å²) < 4.78 is 5.63. The molecule has 0 saturated carbocycles. The Bertz CT molecular complexity index is 307. The molecule has 0 fully saturated rings. The third-order valence-electron chi connectivity index (χ3n) is 1.94. The second-order valence-electron chi connectivity index (χ2n) is 3.87. The molecule has 4 heteroatoms. The van der Waals surface area contributed by atoms with Gasteiger partial charge in [0, 0.05) is 12.1 Å². The first kappa shape index (κ1) is 13.1. The van der Waals surface area contributed by atoms with Crippen LogP contribution in [0.3, 0.4) is 0 Å². The summed E-state index contributed by atoms with van der Waals surface area (Å²) in [5, 5.41) is 9.52. The molecule has 1 aromatic carbocycles. The predicted molar refractivity (Wildman–Crippen MR) is 54.2 cm³/mol. The van der Waals surface area contributed by atoms with Crippen molar-refractivity contribution in [1.29, 1.82) is 0 Å². The molecule has 0 atom stereocenters. The molecule has 0 aliphatic heterocycles. The zero-order valence-electron chi connectivity index (χ0n) is 8.91. The summed E-state index contributed by atoms with van der Waals surface area (Å²) in [7, 11) is 7.67. The summed E-state index contributed by atoms with van der Waals surface area (Å²) in [5.74, 6) is 0.699. The number of ether oxygens (including phenoxy) is 1. The van der Waals surface area contributed by atoms with Crippen LogP contribution in [0, 0.1) is 0 Å². The van der Waals surface area contributed by atoms with Gasteiger partial charge in [0.2, 0.25) is 0 Å². The monoisotopic (exact) mass is 217 g/mol. The summed E-state index contributed by atoms with van der Waals surface area (Å²) in [6, 6.07) is 5.44. The number of phenolic OH excluding ortho intramolecular Hbond substituents is 1. The number of hydrogen-bond donors (Lipinski definition) is 1. The number of nitrogens with zero attached hydrogens (tertiary/aromatic N) is 1. The highest BCUT2D eigenvalue weighted by Gasteiger charge is 2.14. The van der Waals surface area contributed by atoms with Crippen LogP contribution in [0.15, 0.2) is 18.2 Å². The molecule has 1 rings (SSSR count). The lowest BCUT2D eigenvalue weighted by Gasteiger charge is -2.23. The maximum absolute atomic E-state index is 9.52. The summed E-state index contributed by atoms with van der Waals surface area (Å²) in [6.45, 7) is 0. The van der Waals surface area contributed by atoms with Crippen LogP contribution in [0.2, 0.25) is 0 Å². The Hall–Kier alpha value is -0.930. The van der Waals surface area contributed by atoms with Gasteiger partial charge in [-0.25, -0.2) is 0 Å². The molecule has 0 radical (unpaired) electrons. The van der Waals surface area contributed by atoms with Crippen LogP contribution < -0.4 is 21.6 Å². The average molecular weight is 218 g/mol. The van der Waals surface area contributed by atoms with E-state index in [4.69, 9.17) is 4.74 Å². The molecule has 0 heterocycles. The molecule has 0 unspecified atom stereocenters. The molecule has 14 heavy (non-hydrogen) atoms. The second-order valence-corrected chi connectivity index (χ2v) is 3.87. The molecular weight excluding hydrogens is 202 g/mol. The number of rotatable bonds is 2. The van der Waals surface area contributed by atoms with Crippen LogP contribution in [-0.4, -0.2) is 33.4 Å². The highest BCUT2D eigenvalue weighted by molar-refractivity contribution is 5.52. The quantitative estimate of drug-likeness (QED) is 0.618. The first-order valence-corrected chi connectivity index (χ1v) is 4.14. The Labute approximate surface area is 90.9 Å². The van der Waals surface area contributed by atoms with Crippen molar-refractivity contribution in [2.24, 2.45) is 0 Å². The molecule has 0 saturated heterocycles. The van der Waals surface area contributed by atoms with Crippen LogP contribution in [0.1, 0.15) is 0 Å². The molecule has 0 amide bonds. The zero-order chi connectivity index (χ0) is 10.1. The van der Waals surface area contributed by atoms with Gasteiger partial charge in [-0.05, 0) is 6.07 Å². The van der Waals surface area contributed by atoms with Crippen LogP contribution in [-0.2, 0) is 0 Å². The number of phenols is 1. The maximum Gasteiger partial charge on any atom is 0.163 e. The Kier molecular flexibility index (Phi) is 4.23. The van der Waals surface area contributed by atoms with Crippen LogP contribution in [0.4, 0.5) is 5.69 Å². The van der Waals surface area contributed by atoms with Gasteiger partial charge in [0.25, 0.3) is 0 Å². The van der Waals surface area contributed by atoms with Crippen LogP contribution >= 0.6 is 0 Å². The smallest absolute Gasteiger partial charge is 0.163 e. The SMILES string of the molecule is COc1ccc([N+](C)(C)C)cc1O.[Cl-]. The van der Waals surface area contributed by atoms with E-state index < -0.39 is 0 Å². The highest BCUT2D eigenvalue weighted by Crippen LogP contribution is 2.31. The van der Waals surface area contributed by atoms with Gasteiger partial charge in [0.1, 0.15) is 5.69 Å². The van der Waals surface area contributed by atoms with E-state index in [1.807, 2.05) is 27.2 Å². The molecule has 0 aromatic heterocycles. The van der Waals surface area contributed by atoms with E-state index in [-0.39, 0.29) is 18.2 Å². The third kappa shape index (κ3) is 2.79. The first-order valence-electron chi connectivity index (χ1n) is 4.14. The second kappa shape index (κ2) is 4.53. The van der Waals surface area contributed by atoms with E-state index in [9.17, 15) is 5.11 Å². The van der Waals surface area contributed by atoms with Crippen LogP contribution in [0.5, 0.6) is 11.5 Å². The van der Waals surface area contributed by atoms with Crippen molar-refractivity contribution in [3.63, 3.8) is 0 Å². The standard InChI is InChI=1S/C10H15NO2.ClH/c1-11(2,3)8-5-6-10(13-4)9(12)7-8;/h5-7H,1-4H3;1H. The fourth-order valence-electron chi connectivity index (χ4n) is 1.10. The molecule has 0 aliphatic rings. The largest absolute Gasteiger partial charge is 1.00 e. The zero-order valence-corrected chi connectivity index (χ0v) is 9.67. The van der Waals surface area contributed by atoms with E-state index in [0.29, 0.717) is 10.2 Å². The van der Waals surface area contributed by atoms with Crippen molar-refractivity contribution in [3.05, 3.63) is 18.2 Å². The van der Waals surface area contributed by atoms with Crippen molar-refractivity contribution in [3.8, 4) is 11.5 Å². The molecule has 0 aliphatic carbocycles. The Morgan fingerprint density at radius 2 is 1.79 bits per heavy atom. The number of hydrogen-bond acceptors (Lipinski definition) is 2. The lowest BCUT2D eigenvalue weighted by Crippen LogP contribution is -3.00. The normalized spacial score (nSPS) is 10.6. The van der Waals surface area contributed by atoms with Gasteiger partial charge in [-0.1, -0.05) is 0 Å². The fraction of sp³-hybridized carbons (Fsp3) is 0.400. The minimum atomic E-state index is 0. The Morgan fingerprint density at radius 3 is 2.14 bits per heavy atom. The van der Waals surface area contributed by atoms with Gasteiger partial charge in [0.15, 0.2) is 11.5 Å². The average Bonchev–Trinajstić information content (AvgIpc) is 2.02. The molecule has 0 spiro atoms. The van der Waals surface area contributed by atoms with Gasteiger partial charge in [0.05, 0.1) is 28.3 Å². The molecule has 80 valence electrons. The summed E-state index contributed by atoms with van der Waals surface area (Å²) >= 11 is 0. The molecule has 1 N–H and O–H groups in total. The summed E-state index contributed by atoms with van der Waals surface area (Å²) in [5.41, 5.74) is 1.04. The number of methoxy groups -OCH3 is 1. The van der Waals surface area contributed by atoms with Crippen molar-refractivity contribution < 1.29 is 22.3 Å². The summed E-state index contributed by atoms with van der Waals surface area (Å²) in [6.07, 6.45) is 0. The molecular formula is C10H16ClNO2. The highest BCUT2D eigenvalue weighted by atomic mass is 35.5. The van der Waals surface area contributed by atoms with E-state index >= 15 is 0 Å². The lowest BCUT2D eigenvalue weighted by molar-refractivity contribution is -0.00000417. The van der Waals surface area contributed by atoms with Crippen molar-refractivity contribution in [2.45, 2.75) is 0 Å². The number of benzene rings is 1. The Morgan fingerprint density at radius 1 is 1.21 bits per heavy atom. The summed E-state index contributed by atoms with van der Waals surface area (Å²) in [4.78, 5) is 0. The van der Waals surface area contributed by atoms with Crippen LogP contribution in [0.25, 0.3) is 0 Å². The maximum atomic E-state index is 9.52. The predicted octanol–water partition coefficient (Wildman–Crippen LogP) is -1.40. The topological polar surface area (TPSA) is 29.5 Å². The van der Waals surface area contributed by atoms with Gasteiger partial charge in [-0.2, -0.15) is 0 Å². The molecule has 1 aromatic rings. The first-order chi connectivity index (χ1) is 5.95. The van der Waals surface area contributed by atoms with Gasteiger partial charge >= 0.3 is 0 Å². The third-order valence-corrected chi connectivity index (χ3v) is 1.94. The fourth-order valence-corrected chi connectivity index (χ4v) is 1.10. The minimum absolute atomic E-state index is 0. The van der Waals surface area contributed by atoms with Crippen molar-refractivity contribution >= 4 is 5.69 Å². The van der Waals surface area contributed by atoms with Crippen molar-refractivity contribution in [2.75, 3.05) is 28.3 Å². The molecule has 0 bridgehead atoms. The number of halogens is 1. The minimum Gasteiger partial charge on any atom is -1.00 e. The van der Waals surface area contributed by atoms with E-state index in [1.165, 1.54) is 0 Å². The van der Waals surface area contributed by atoms with Gasteiger partial charge in [-0.3, -0.25) is 4.48 Å². The number of quaternary nitrogens is 1. The van der Waals surface area contributed by atoms with E-state index in [0.717, 1.165) is 5.69 Å².